The highest BCUT2D eigenvalue weighted by atomic mass is 32.2. The molecule has 1 aromatic carbocycles. The van der Waals surface area contributed by atoms with E-state index in [1.165, 1.54) is 13.2 Å². The number of aliphatic hydroxyl groups is 1. The third-order valence-electron chi connectivity index (χ3n) is 8.19. The molecule has 11 heteroatoms. The molecule has 0 spiro atoms. The molecule has 3 N–H and O–H groups in total. The van der Waals surface area contributed by atoms with Gasteiger partial charge in [0.25, 0.3) is 0 Å². The minimum Gasteiger partial charge on any atom is -0.494 e. The van der Waals surface area contributed by atoms with Crippen LogP contribution in [0.15, 0.2) is 36.4 Å². The first kappa shape index (κ1) is 42.1. The number of esters is 1. The van der Waals surface area contributed by atoms with Gasteiger partial charge < -0.3 is 25.0 Å². The number of hydrogen-bond acceptors (Lipinski definition) is 8. The molecule has 0 radical (unpaired) electrons. The van der Waals surface area contributed by atoms with Crippen LogP contribution in [0.2, 0.25) is 0 Å². The summed E-state index contributed by atoms with van der Waals surface area (Å²) in [7, 11) is -1.84. The van der Waals surface area contributed by atoms with Crippen LogP contribution in [0.1, 0.15) is 116 Å². The molecule has 0 heterocycles. The second-order valence-corrected chi connectivity index (χ2v) is 14.6. The number of benzene rings is 1. The first-order chi connectivity index (χ1) is 22.4. The van der Waals surface area contributed by atoms with Gasteiger partial charge in [-0.2, -0.15) is 0 Å². The van der Waals surface area contributed by atoms with Crippen LogP contribution >= 0.6 is 0 Å². The van der Waals surface area contributed by atoms with Crippen molar-refractivity contribution in [3.05, 3.63) is 42.0 Å². The molecular formula is C36H59NO9S. The number of aliphatic carboxylic acids is 1. The molecular weight excluding hydrogens is 622 g/mol. The number of nitrogens with one attached hydrogen (secondary N) is 1. The van der Waals surface area contributed by atoms with Gasteiger partial charge in [0.2, 0.25) is 5.91 Å². The van der Waals surface area contributed by atoms with Crippen LogP contribution < -0.4 is 10.1 Å². The zero-order valence-electron chi connectivity index (χ0n) is 29.0. The summed E-state index contributed by atoms with van der Waals surface area (Å²) in [5.41, 5.74) is -1.64. The molecule has 1 rings (SSSR count). The molecule has 0 aliphatic rings. The Kier molecular flexibility index (Phi) is 21.0. The van der Waals surface area contributed by atoms with Crippen molar-refractivity contribution in [3.8, 4) is 5.75 Å². The van der Waals surface area contributed by atoms with Crippen molar-refractivity contribution in [2.24, 2.45) is 5.92 Å². The summed E-state index contributed by atoms with van der Waals surface area (Å²) in [6, 6.07) is 6.03. The van der Waals surface area contributed by atoms with Crippen LogP contribution in [0, 0.1) is 5.92 Å². The molecule has 1 amide bonds. The van der Waals surface area contributed by atoms with Crippen molar-refractivity contribution >= 4 is 27.7 Å². The summed E-state index contributed by atoms with van der Waals surface area (Å²) in [5, 5.41) is 23.8. The Morgan fingerprint density at radius 2 is 1.47 bits per heavy atom. The van der Waals surface area contributed by atoms with Crippen LogP contribution in [-0.2, 0) is 35.4 Å². The fourth-order valence-electron chi connectivity index (χ4n) is 5.33. The fraction of sp³-hybridized carbons (Fsp3) is 0.694. The smallest absolute Gasteiger partial charge is 0.336 e. The van der Waals surface area contributed by atoms with Crippen LogP contribution in [-0.4, -0.2) is 73.3 Å². The summed E-state index contributed by atoms with van der Waals surface area (Å²) in [6.07, 6.45) is 13.6. The minimum atomic E-state index is -3.04. The van der Waals surface area contributed by atoms with E-state index in [1.54, 1.807) is 37.3 Å². The number of hydrogen-bond donors (Lipinski definition) is 3. The highest BCUT2D eigenvalue weighted by molar-refractivity contribution is 7.91. The number of unbranched alkanes of at least 4 members (excludes halogenated alkanes) is 9. The van der Waals surface area contributed by atoms with Crippen LogP contribution in [0.4, 0.5) is 0 Å². The van der Waals surface area contributed by atoms with Crippen molar-refractivity contribution in [1.82, 2.24) is 5.32 Å². The van der Waals surface area contributed by atoms with Crippen molar-refractivity contribution in [3.63, 3.8) is 0 Å². The van der Waals surface area contributed by atoms with Gasteiger partial charge in [0.15, 0.2) is 5.60 Å². The number of carbonyl (C=O) groups is 3. The summed E-state index contributed by atoms with van der Waals surface area (Å²) in [5.74, 6) is -3.36. The first-order valence-electron chi connectivity index (χ1n) is 17.4. The Morgan fingerprint density at radius 1 is 0.872 bits per heavy atom. The van der Waals surface area contributed by atoms with Crippen molar-refractivity contribution in [1.29, 1.82) is 0 Å². The molecule has 0 aliphatic heterocycles. The summed E-state index contributed by atoms with van der Waals surface area (Å²) in [6.45, 7) is 6.51. The highest BCUT2D eigenvalue weighted by Gasteiger charge is 2.46. The largest absolute Gasteiger partial charge is 0.494 e. The first-order valence-corrected chi connectivity index (χ1v) is 19.2. The number of amides is 1. The molecule has 0 fully saturated rings. The lowest BCUT2D eigenvalue weighted by atomic mass is 9.82. The Balaban J connectivity index is 2.84. The Bertz CT molecular complexity index is 1180. The molecule has 0 bridgehead atoms. The summed E-state index contributed by atoms with van der Waals surface area (Å²) >= 11 is 0. The van der Waals surface area contributed by atoms with Gasteiger partial charge in [0.1, 0.15) is 21.6 Å². The van der Waals surface area contributed by atoms with E-state index in [4.69, 9.17) is 9.47 Å². The third kappa shape index (κ3) is 16.6. The fourth-order valence-corrected chi connectivity index (χ4v) is 6.82. The molecule has 0 saturated heterocycles. The zero-order chi connectivity index (χ0) is 35.1. The number of rotatable bonds is 27. The van der Waals surface area contributed by atoms with Gasteiger partial charge in [-0.25, -0.2) is 18.0 Å². The summed E-state index contributed by atoms with van der Waals surface area (Å²) < 4.78 is 35.2. The maximum absolute atomic E-state index is 13.5. The van der Waals surface area contributed by atoms with Gasteiger partial charge in [-0.05, 0) is 56.2 Å². The monoisotopic (exact) mass is 681 g/mol. The zero-order valence-corrected chi connectivity index (χ0v) is 29.8. The van der Waals surface area contributed by atoms with E-state index in [1.807, 2.05) is 0 Å². The number of carboxylic acids is 1. The van der Waals surface area contributed by atoms with Gasteiger partial charge in [0, 0.05) is 6.42 Å². The van der Waals surface area contributed by atoms with E-state index in [2.05, 4.69) is 19.2 Å². The topological polar surface area (TPSA) is 156 Å². The minimum absolute atomic E-state index is 0.0952. The third-order valence-corrected chi connectivity index (χ3v) is 10.0. The molecule has 47 heavy (non-hydrogen) atoms. The molecule has 1 aromatic rings. The number of allylic oxidation sites excluding steroid dienone is 1. The van der Waals surface area contributed by atoms with Crippen molar-refractivity contribution in [2.75, 3.05) is 25.2 Å². The summed E-state index contributed by atoms with van der Waals surface area (Å²) in [4.78, 5) is 38.4. The highest BCUT2D eigenvalue weighted by Crippen LogP contribution is 2.27. The normalized spacial score (nSPS) is 14.3. The number of ether oxygens (including phenoxy) is 2. The van der Waals surface area contributed by atoms with E-state index in [9.17, 15) is 33.0 Å². The molecule has 1 unspecified atom stereocenters. The van der Waals surface area contributed by atoms with E-state index in [0.717, 1.165) is 56.9 Å². The predicted octanol–water partition coefficient (Wildman–Crippen LogP) is 6.19. The lowest BCUT2D eigenvalue weighted by Crippen LogP contribution is -2.54. The van der Waals surface area contributed by atoms with Gasteiger partial charge in [-0.3, -0.25) is 4.79 Å². The predicted molar refractivity (Wildman–Crippen MR) is 185 cm³/mol. The molecule has 0 saturated carbocycles. The standard InChI is InChI=1S/C36H59NO9S/c1-5-8-10-14-17-26-47(43,44)27-18-15-12-11-13-16-19-31(36(42,24-7-3)35(40)41)33(38)37-32(34(39)45-4)28-29-20-22-30(23-21-29)46-25-9-6-2/h16,19-23,31-32,42H,5-15,17-18,24-28H2,1-4H3,(H,37,38)(H,40,41)/b19-16+/t31-,32?,36+/m1/s1. The average molecular weight is 682 g/mol. The SMILES string of the molecule is CCCCCCCS(=O)(=O)CCCCCC/C=C/[C@H](C(=O)NC(Cc1ccc(OCCCC)cc1)C(=O)OC)[C@@](O)(CCC)C(=O)O. The molecule has 268 valence electrons. The number of methoxy groups -OCH3 is 1. The van der Waals surface area contributed by atoms with Crippen molar-refractivity contribution in [2.45, 2.75) is 129 Å². The molecule has 0 aliphatic carbocycles. The van der Waals surface area contributed by atoms with Gasteiger partial charge in [-0.15, -0.1) is 0 Å². The Hall–Kier alpha value is -2.92. The Morgan fingerprint density at radius 3 is 2.02 bits per heavy atom. The van der Waals surface area contributed by atoms with Crippen LogP contribution in [0.5, 0.6) is 5.75 Å². The van der Waals surface area contributed by atoms with E-state index in [-0.39, 0.29) is 24.3 Å². The van der Waals surface area contributed by atoms with E-state index >= 15 is 0 Å². The van der Waals surface area contributed by atoms with Crippen LogP contribution in [0.3, 0.4) is 0 Å². The second kappa shape index (κ2) is 23.4. The van der Waals surface area contributed by atoms with E-state index < -0.39 is 45.2 Å². The molecule has 0 aromatic heterocycles. The lowest BCUT2D eigenvalue weighted by molar-refractivity contribution is -0.167. The number of carbonyl (C=O) groups excluding carboxylic acids is 2. The van der Waals surface area contributed by atoms with Gasteiger partial charge in [0.05, 0.1) is 31.1 Å². The number of carboxylic acid groups (broad SMARTS) is 1. The maximum atomic E-state index is 13.5. The quantitative estimate of drug-likeness (QED) is 0.0560. The van der Waals surface area contributed by atoms with Crippen molar-refractivity contribution < 1.29 is 42.5 Å². The molecule has 3 atom stereocenters. The average Bonchev–Trinajstić information content (AvgIpc) is 3.04. The van der Waals surface area contributed by atoms with E-state index in [0.29, 0.717) is 44.5 Å². The Labute approximate surface area is 282 Å². The lowest BCUT2D eigenvalue weighted by Gasteiger charge is -2.30. The molecule has 10 nitrogen and oxygen atoms in total. The van der Waals surface area contributed by atoms with Gasteiger partial charge in [-0.1, -0.05) is 96.4 Å². The number of sulfone groups is 1. The second-order valence-electron chi connectivity index (χ2n) is 12.3. The maximum Gasteiger partial charge on any atom is 0.336 e. The van der Waals surface area contributed by atoms with Crippen LogP contribution in [0.25, 0.3) is 0 Å². The van der Waals surface area contributed by atoms with Gasteiger partial charge >= 0.3 is 11.9 Å².